The lowest BCUT2D eigenvalue weighted by atomic mass is 10.5. The Morgan fingerprint density at radius 3 is 1.56 bits per heavy atom. The van der Waals surface area contributed by atoms with Gasteiger partial charge in [0, 0.05) is 17.4 Å². The first-order valence-electron chi connectivity index (χ1n) is 5.47. The van der Waals surface area contributed by atoms with E-state index in [-0.39, 0.29) is 17.0 Å². The highest BCUT2D eigenvalue weighted by Gasteiger charge is 1.92. The zero-order valence-electron chi connectivity index (χ0n) is 11.0. The van der Waals surface area contributed by atoms with E-state index in [1.54, 1.807) is 0 Å². The van der Waals surface area contributed by atoms with Crippen molar-refractivity contribution in [3.63, 3.8) is 0 Å². The van der Waals surface area contributed by atoms with Crippen molar-refractivity contribution in [3.05, 3.63) is 0 Å². The van der Waals surface area contributed by atoms with E-state index in [1.807, 2.05) is 6.92 Å². The molecule has 0 heterocycles. The summed E-state index contributed by atoms with van der Waals surface area (Å²) in [7, 11) is -2.35. The van der Waals surface area contributed by atoms with Crippen LogP contribution in [0.1, 0.15) is 34.1 Å². The molecular weight excluding hydrogens is 310 g/mol. The molecule has 0 aliphatic heterocycles. The van der Waals surface area contributed by atoms with Crippen LogP contribution in [0, 0.1) is 0 Å². The molecule has 0 aliphatic carbocycles. The van der Waals surface area contributed by atoms with Crippen LogP contribution >= 0.6 is 17.0 Å². The summed E-state index contributed by atoms with van der Waals surface area (Å²) < 4.78 is 15.3. The van der Waals surface area contributed by atoms with Crippen LogP contribution in [0.25, 0.3) is 0 Å². The Bertz CT molecular complexity index is 211. The lowest BCUT2D eigenvalue weighted by molar-refractivity contribution is 0.321. The molecule has 0 aromatic carbocycles. The molecule has 3 nitrogen and oxygen atoms in total. The second kappa shape index (κ2) is 13.8. The van der Waals surface area contributed by atoms with Gasteiger partial charge in [-0.1, -0.05) is 27.7 Å². The largest absolute Gasteiger partial charge is 0.304 e. The standard InChI is InChI=1S/C6H15N.C4H10O2S2.BrH/c1-4-7(5-2)6-3;1-3-4-6-8(2,5)7;/h4-6H2,1-3H3;3-4H2,1-2H3;1H. The van der Waals surface area contributed by atoms with Crippen LogP contribution in [0.3, 0.4) is 0 Å². The first-order chi connectivity index (χ1) is 6.91. The Morgan fingerprint density at radius 1 is 1.12 bits per heavy atom. The van der Waals surface area contributed by atoms with E-state index in [0.29, 0.717) is 6.61 Å². The van der Waals surface area contributed by atoms with Crippen molar-refractivity contribution in [1.29, 1.82) is 0 Å². The topological polar surface area (TPSA) is 29.5 Å². The van der Waals surface area contributed by atoms with Gasteiger partial charge in [-0.15, -0.1) is 17.0 Å². The van der Waals surface area contributed by atoms with E-state index >= 15 is 0 Å². The fraction of sp³-hybridized carbons (Fsp3) is 1.00. The second-order valence-electron chi connectivity index (χ2n) is 3.15. The number of halogens is 1. The van der Waals surface area contributed by atoms with Gasteiger partial charge < -0.3 is 4.90 Å². The molecule has 0 saturated carbocycles. The van der Waals surface area contributed by atoms with Crippen molar-refractivity contribution in [3.8, 4) is 0 Å². The molecule has 0 rings (SSSR count). The van der Waals surface area contributed by atoms with E-state index in [4.69, 9.17) is 4.18 Å². The normalized spacial score (nSPS) is 13.4. The zero-order valence-corrected chi connectivity index (χ0v) is 14.4. The molecular formula is C10H26BrNO2S2. The maximum atomic E-state index is 10.5. The first-order valence-corrected chi connectivity index (χ1v) is 8.29. The first kappa shape index (κ1) is 22.0. The molecule has 1 unspecified atom stereocenters. The summed E-state index contributed by atoms with van der Waals surface area (Å²) in [6.07, 6.45) is 2.28. The highest BCUT2D eigenvalue weighted by Crippen LogP contribution is 1.88. The van der Waals surface area contributed by atoms with Gasteiger partial charge in [-0.2, -0.15) is 0 Å². The summed E-state index contributed by atoms with van der Waals surface area (Å²) in [5, 5.41) is 0. The lowest BCUT2D eigenvalue weighted by Crippen LogP contribution is -2.21. The van der Waals surface area contributed by atoms with Gasteiger partial charge in [0.15, 0.2) is 0 Å². The van der Waals surface area contributed by atoms with Gasteiger partial charge in [-0.3, -0.25) is 4.18 Å². The SMILES string of the molecule is Br.CCCOS(C)(=O)=S.CCN(CC)CC. The fourth-order valence-corrected chi connectivity index (χ4v) is 1.58. The van der Waals surface area contributed by atoms with Crippen LogP contribution in [0.2, 0.25) is 0 Å². The van der Waals surface area contributed by atoms with E-state index in [2.05, 4.69) is 36.9 Å². The van der Waals surface area contributed by atoms with Crippen LogP contribution in [0.5, 0.6) is 0 Å². The minimum absolute atomic E-state index is 0. The molecule has 0 radical (unpaired) electrons. The third-order valence-corrected chi connectivity index (χ3v) is 2.73. The monoisotopic (exact) mass is 335 g/mol. The van der Waals surface area contributed by atoms with Crippen LogP contribution in [-0.2, 0) is 24.1 Å². The van der Waals surface area contributed by atoms with E-state index < -0.39 is 8.77 Å². The number of hydrogen-bond donors (Lipinski definition) is 0. The van der Waals surface area contributed by atoms with Gasteiger partial charge in [0.1, 0.15) is 8.77 Å². The van der Waals surface area contributed by atoms with E-state index in [1.165, 1.54) is 25.9 Å². The molecule has 0 amide bonds. The van der Waals surface area contributed by atoms with Crippen molar-refractivity contribution < 1.29 is 8.39 Å². The molecule has 0 aromatic rings. The zero-order chi connectivity index (χ0) is 12.3. The third kappa shape index (κ3) is 20.2. The van der Waals surface area contributed by atoms with Crippen molar-refractivity contribution in [2.24, 2.45) is 0 Å². The van der Waals surface area contributed by atoms with Gasteiger partial charge in [0.2, 0.25) is 0 Å². The highest BCUT2D eigenvalue weighted by molar-refractivity contribution is 8.93. The summed E-state index contributed by atoms with van der Waals surface area (Å²) in [5.74, 6) is 0. The summed E-state index contributed by atoms with van der Waals surface area (Å²) >= 11 is 4.46. The molecule has 0 saturated heterocycles. The molecule has 0 bridgehead atoms. The Balaban J connectivity index is -0.000000200. The van der Waals surface area contributed by atoms with Crippen LogP contribution in [0.15, 0.2) is 0 Å². The van der Waals surface area contributed by atoms with Crippen molar-refractivity contribution in [2.45, 2.75) is 34.1 Å². The number of nitrogens with zero attached hydrogens (tertiary/aromatic N) is 1. The van der Waals surface area contributed by atoms with Crippen molar-refractivity contribution in [1.82, 2.24) is 4.90 Å². The summed E-state index contributed by atoms with van der Waals surface area (Å²) in [6, 6.07) is 0. The predicted molar refractivity (Wildman–Crippen MR) is 81.5 cm³/mol. The minimum Gasteiger partial charge on any atom is -0.304 e. The maximum absolute atomic E-state index is 10.5. The van der Waals surface area contributed by atoms with Gasteiger partial charge in [0.25, 0.3) is 0 Å². The quantitative estimate of drug-likeness (QED) is 0.746. The van der Waals surface area contributed by atoms with Gasteiger partial charge in [-0.05, 0) is 26.1 Å². The molecule has 1 atom stereocenters. The Morgan fingerprint density at radius 2 is 1.50 bits per heavy atom. The van der Waals surface area contributed by atoms with Crippen molar-refractivity contribution in [2.75, 3.05) is 32.5 Å². The molecule has 16 heavy (non-hydrogen) atoms. The minimum atomic E-state index is -2.35. The fourth-order valence-electron chi connectivity index (χ4n) is 0.906. The maximum Gasteiger partial charge on any atom is 0.141 e. The lowest BCUT2D eigenvalue weighted by Gasteiger charge is -2.13. The van der Waals surface area contributed by atoms with Gasteiger partial charge in [0.05, 0.1) is 6.61 Å². The summed E-state index contributed by atoms with van der Waals surface area (Å²) in [4.78, 5) is 2.38. The Kier molecular flexibility index (Phi) is 19.0. The van der Waals surface area contributed by atoms with Gasteiger partial charge >= 0.3 is 0 Å². The second-order valence-corrected chi connectivity index (χ2v) is 6.61. The van der Waals surface area contributed by atoms with E-state index in [9.17, 15) is 4.21 Å². The van der Waals surface area contributed by atoms with Gasteiger partial charge in [-0.25, -0.2) is 4.21 Å². The molecule has 0 aliphatic rings. The molecule has 102 valence electrons. The van der Waals surface area contributed by atoms with Crippen LogP contribution in [-0.4, -0.2) is 41.6 Å². The average Bonchev–Trinajstić information content (AvgIpc) is 2.17. The average molecular weight is 336 g/mol. The molecule has 0 N–H and O–H groups in total. The van der Waals surface area contributed by atoms with E-state index in [0.717, 1.165) is 6.42 Å². The molecule has 0 spiro atoms. The number of hydrogen-bond acceptors (Lipinski definition) is 4. The summed E-state index contributed by atoms with van der Waals surface area (Å²) in [5.41, 5.74) is 0. The molecule has 6 heteroatoms. The van der Waals surface area contributed by atoms with Crippen LogP contribution in [0.4, 0.5) is 0 Å². The number of rotatable bonds is 6. The highest BCUT2D eigenvalue weighted by atomic mass is 79.9. The van der Waals surface area contributed by atoms with Crippen molar-refractivity contribution >= 4 is 36.9 Å². The third-order valence-electron chi connectivity index (χ3n) is 1.84. The van der Waals surface area contributed by atoms with Crippen LogP contribution < -0.4 is 0 Å². The Labute approximate surface area is 117 Å². The predicted octanol–water partition coefficient (Wildman–Crippen LogP) is 2.63. The molecule has 0 fully saturated rings. The molecule has 0 aromatic heterocycles. The smallest absolute Gasteiger partial charge is 0.141 e. The Hall–Kier alpha value is 0.770. The summed E-state index contributed by atoms with van der Waals surface area (Å²) in [6.45, 7) is 12.6.